The van der Waals surface area contributed by atoms with Gasteiger partial charge in [-0.25, -0.2) is 0 Å². The van der Waals surface area contributed by atoms with Crippen LogP contribution >= 0.6 is 0 Å². The van der Waals surface area contributed by atoms with Gasteiger partial charge in [-0.05, 0) is 48.7 Å². The van der Waals surface area contributed by atoms with Crippen molar-refractivity contribution in [3.05, 3.63) is 46.7 Å². The van der Waals surface area contributed by atoms with Crippen molar-refractivity contribution in [1.29, 1.82) is 0 Å². The van der Waals surface area contributed by atoms with Gasteiger partial charge in [0.1, 0.15) is 0 Å². The summed E-state index contributed by atoms with van der Waals surface area (Å²) in [6.45, 7) is 0.760. The van der Waals surface area contributed by atoms with Gasteiger partial charge in [0.15, 0.2) is 17.3 Å². The van der Waals surface area contributed by atoms with Crippen LogP contribution in [-0.2, 0) is 16.6 Å². The second-order valence-electron chi connectivity index (χ2n) is 6.08. The summed E-state index contributed by atoms with van der Waals surface area (Å²) in [7, 11) is 1.52. The molecule has 0 amide bonds. The van der Waals surface area contributed by atoms with Gasteiger partial charge in [0.25, 0.3) is 0 Å². The van der Waals surface area contributed by atoms with E-state index in [-0.39, 0.29) is 23.3 Å². The van der Waals surface area contributed by atoms with Crippen molar-refractivity contribution in [2.24, 2.45) is 0 Å². The van der Waals surface area contributed by atoms with Crippen LogP contribution in [0.4, 0.5) is 0 Å². The molecule has 1 aromatic rings. The third kappa shape index (κ3) is 1.54. The molecule has 2 aliphatic carbocycles. The maximum absolute atomic E-state index is 11.9. The number of ketones is 1. The van der Waals surface area contributed by atoms with Crippen LogP contribution < -0.4 is 10.1 Å². The molecule has 0 unspecified atom stereocenters. The smallest absolute Gasteiger partial charge is 0.219 e. The summed E-state index contributed by atoms with van der Waals surface area (Å²) in [6.07, 6.45) is 4.52. The van der Waals surface area contributed by atoms with E-state index in [9.17, 15) is 15.0 Å². The van der Waals surface area contributed by atoms with E-state index in [0.717, 1.165) is 23.2 Å². The number of aromatic hydroxyl groups is 1. The molecule has 0 aromatic heterocycles. The van der Waals surface area contributed by atoms with E-state index in [1.807, 2.05) is 6.07 Å². The van der Waals surface area contributed by atoms with Gasteiger partial charge in [0.05, 0.1) is 7.11 Å². The Kier molecular flexibility index (Phi) is 2.66. The maximum atomic E-state index is 11.9. The predicted molar refractivity (Wildman–Crippen MR) is 80.3 cm³/mol. The highest BCUT2D eigenvalue weighted by Gasteiger charge is 2.50. The van der Waals surface area contributed by atoms with Crippen LogP contribution in [0, 0.1) is 0 Å². The lowest BCUT2D eigenvalue weighted by molar-refractivity contribution is -0.114. The molecule has 3 N–H and O–H groups in total. The number of benzene rings is 1. The van der Waals surface area contributed by atoms with Crippen molar-refractivity contribution < 1.29 is 19.7 Å². The highest BCUT2D eigenvalue weighted by molar-refractivity contribution is 6.05. The molecule has 0 spiro atoms. The number of allylic oxidation sites excluding steroid dienone is 2. The van der Waals surface area contributed by atoms with Gasteiger partial charge in [-0.2, -0.15) is 0 Å². The second kappa shape index (κ2) is 4.36. The highest BCUT2D eigenvalue weighted by Crippen LogP contribution is 2.54. The van der Waals surface area contributed by atoms with Gasteiger partial charge in [-0.15, -0.1) is 0 Å². The zero-order valence-corrected chi connectivity index (χ0v) is 12.2. The number of nitrogens with one attached hydrogen (secondary N) is 1. The molecule has 0 saturated carbocycles. The molecule has 5 heteroatoms. The Labute approximate surface area is 127 Å². The Bertz CT molecular complexity index is 749. The molecule has 1 heterocycles. The number of hydrogen-bond acceptors (Lipinski definition) is 5. The summed E-state index contributed by atoms with van der Waals surface area (Å²) < 4.78 is 5.24. The Morgan fingerprint density at radius 2 is 2.18 bits per heavy atom. The number of piperidine rings is 1. The van der Waals surface area contributed by atoms with Crippen molar-refractivity contribution in [2.75, 3.05) is 13.7 Å². The summed E-state index contributed by atoms with van der Waals surface area (Å²) >= 11 is 0. The molecule has 1 fully saturated rings. The van der Waals surface area contributed by atoms with Crippen molar-refractivity contribution in [2.45, 2.75) is 24.3 Å². The van der Waals surface area contributed by atoms with Crippen LogP contribution in [-0.4, -0.2) is 35.7 Å². The van der Waals surface area contributed by atoms with E-state index >= 15 is 0 Å². The summed E-state index contributed by atoms with van der Waals surface area (Å²) in [5.41, 5.74) is 2.08. The molecule has 114 valence electrons. The fraction of sp³-hybridized carbons (Fsp3) is 0.353. The zero-order chi connectivity index (χ0) is 15.5. The molecule has 1 aromatic carbocycles. The molecule has 0 radical (unpaired) electrons. The zero-order valence-electron chi connectivity index (χ0n) is 12.2. The Hall–Kier alpha value is -2.27. The highest BCUT2D eigenvalue weighted by atomic mass is 16.5. The first-order chi connectivity index (χ1) is 10.6. The van der Waals surface area contributed by atoms with Crippen LogP contribution in [0.5, 0.6) is 11.5 Å². The lowest BCUT2D eigenvalue weighted by Gasteiger charge is -2.49. The number of rotatable bonds is 1. The topological polar surface area (TPSA) is 78.8 Å². The van der Waals surface area contributed by atoms with Crippen molar-refractivity contribution >= 4 is 5.78 Å². The van der Waals surface area contributed by atoms with E-state index in [1.165, 1.54) is 13.2 Å². The normalized spacial score (nSPS) is 29.1. The van der Waals surface area contributed by atoms with E-state index in [2.05, 4.69) is 5.32 Å². The molecule has 1 aliphatic heterocycles. The summed E-state index contributed by atoms with van der Waals surface area (Å²) in [5.74, 6) is -0.108. The molecule has 4 rings (SSSR count). The minimum absolute atomic E-state index is 0.0577. The van der Waals surface area contributed by atoms with Crippen molar-refractivity contribution in [3.63, 3.8) is 0 Å². The number of carbonyl (C=O) groups is 1. The summed E-state index contributed by atoms with van der Waals surface area (Å²) in [4.78, 5) is 11.9. The Morgan fingerprint density at radius 1 is 1.36 bits per heavy atom. The standard InChI is InChI=1S/C17H17NO4/c1-22-14-3-2-9-6-11-10-7-12(19)13(20)8-17(10,4-5-18-11)15(9)16(14)21/h2-3,7-8,11,18,20-21H,4-6H2,1H3/t11-,17+/m1/s1. The first kappa shape index (κ1) is 13.4. The lowest BCUT2D eigenvalue weighted by atomic mass is 9.59. The number of ether oxygens (including phenoxy) is 1. The maximum Gasteiger partial charge on any atom is 0.219 e. The molecule has 2 atom stereocenters. The van der Waals surface area contributed by atoms with Crippen molar-refractivity contribution in [3.8, 4) is 11.5 Å². The van der Waals surface area contributed by atoms with Gasteiger partial charge in [-0.1, -0.05) is 6.07 Å². The van der Waals surface area contributed by atoms with E-state index < -0.39 is 5.41 Å². The van der Waals surface area contributed by atoms with E-state index in [1.54, 1.807) is 12.1 Å². The average molecular weight is 299 g/mol. The predicted octanol–water partition coefficient (Wildman–Crippen LogP) is 1.51. The van der Waals surface area contributed by atoms with Gasteiger partial charge in [-0.3, -0.25) is 4.79 Å². The first-order valence-corrected chi connectivity index (χ1v) is 7.38. The number of aliphatic hydroxyl groups excluding tert-OH is 1. The van der Waals surface area contributed by atoms with Crippen LogP contribution in [0.1, 0.15) is 17.5 Å². The van der Waals surface area contributed by atoms with Crippen LogP contribution in [0.2, 0.25) is 0 Å². The number of fused-ring (bicyclic) bond motifs is 1. The second-order valence-corrected chi connectivity index (χ2v) is 6.08. The largest absolute Gasteiger partial charge is 0.504 e. The van der Waals surface area contributed by atoms with Gasteiger partial charge >= 0.3 is 0 Å². The minimum atomic E-state index is -0.625. The number of phenolic OH excluding ortho intramolecular Hbond substituents is 1. The molecule has 5 nitrogen and oxygen atoms in total. The molecule has 1 saturated heterocycles. The number of hydrogen-bond donors (Lipinski definition) is 3. The summed E-state index contributed by atoms with van der Waals surface area (Å²) in [5, 5.41) is 24.1. The monoisotopic (exact) mass is 299 g/mol. The molecular formula is C17H17NO4. The van der Waals surface area contributed by atoms with E-state index in [0.29, 0.717) is 18.6 Å². The lowest BCUT2D eigenvalue weighted by Crippen LogP contribution is -2.53. The number of aliphatic hydroxyl groups is 1. The third-order valence-corrected chi connectivity index (χ3v) is 5.04. The summed E-state index contributed by atoms with van der Waals surface area (Å²) in [6, 6.07) is 3.77. The average Bonchev–Trinajstić information content (AvgIpc) is 2.48. The number of phenols is 1. The molecular weight excluding hydrogens is 282 g/mol. The number of carbonyl (C=O) groups excluding carboxylic acids is 1. The van der Waals surface area contributed by atoms with Crippen LogP contribution in [0.25, 0.3) is 0 Å². The molecule has 3 aliphatic rings. The van der Waals surface area contributed by atoms with Crippen LogP contribution in [0.3, 0.4) is 0 Å². The first-order valence-electron chi connectivity index (χ1n) is 7.38. The quantitative estimate of drug-likeness (QED) is 0.732. The van der Waals surface area contributed by atoms with Gasteiger partial charge in [0.2, 0.25) is 5.78 Å². The van der Waals surface area contributed by atoms with Crippen LogP contribution in [0.15, 0.2) is 35.6 Å². The molecule has 22 heavy (non-hydrogen) atoms. The van der Waals surface area contributed by atoms with E-state index in [4.69, 9.17) is 4.74 Å². The third-order valence-electron chi connectivity index (χ3n) is 5.04. The fourth-order valence-corrected chi connectivity index (χ4v) is 4.10. The number of methoxy groups -OCH3 is 1. The Balaban J connectivity index is 2.04. The van der Waals surface area contributed by atoms with Gasteiger partial charge < -0.3 is 20.3 Å². The van der Waals surface area contributed by atoms with Crippen molar-refractivity contribution in [1.82, 2.24) is 5.32 Å². The Morgan fingerprint density at radius 3 is 2.95 bits per heavy atom. The van der Waals surface area contributed by atoms with Gasteiger partial charge in [0, 0.05) is 17.0 Å². The SMILES string of the molecule is COc1ccc2c(c1O)[C@@]13C=C(O)C(=O)C=C1[C@@H](C2)NCC3. The minimum Gasteiger partial charge on any atom is -0.504 e. The molecule has 2 bridgehead atoms. The fourth-order valence-electron chi connectivity index (χ4n) is 4.10.